The number of benzene rings is 1. The maximum atomic E-state index is 12.5. The molecule has 3 aliphatic rings. The van der Waals surface area contributed by atoms with Crippen molar-refractivity contribution in [2.75, 3.05) is 13.1 Å². The average molecular weight is 314 g/mol. The molecule has 1 aromatic rings. The van der Waals surface area contributed by atoms with Crippen molar-refractivity contribution < 1.29 is 9.90 Å². The van der Waals surface area contributed by atoms with Crippen LogP contribution in [-0.4, -0.2) is 41.1 Å². The van der Waals surface area contributed by atoms with Gasteiger partial charge in [-0.25, -0.2) is 0 Å². The van der Waals surface area contributed by atoms with Crippen molar-refractivity contribution in [3.63, 3.8) is 0 Å². The van der Waals surface area contributed by atoms with E-state index in [1.54, 1.807) is 0 Å². The summed E-state index contributed by atoms with van der Waals surface area (Å²) in [6, 6.07) is 9.27. The first-order chi connectivity index (χ1) is 11.0. The SMILES string of the molecule is CC(C)N1C[C@@H]2[C@H](NC(=O)C3CC(O)C3)c3ccccc3[C@@H]2C1. The first-order valence-corrected chi connectivity index (χ1v) is 8.86. The summed E-state index contributed by atoms with van der Waals surface area (Å²) in [5.74, 6) is 1.13. The molecule has 1 aliphatic heterocycles. The molecular formula is C19H26N2O2. The minimum atomic E-state index is -0.280. The first kappa shape index (κ1) is 15.2. The Morgan fingerprint density at radius 3 is 2.57 bits per heavy atom. The lowest BCUT2D eigenvalue weighted by atomic mass is 9.81. The molecule has 0 radical (unpaired) electrons. The number of aliphatic hydroxyl groups is 1. The Hall–Kier alpha value is -1.39. The van der Waals surface area contributed by atoms with Crippen molar-refractivity contribution in [2.45, 2.75) is 50.8 Å². The van der Waals surface area contributed by atoms with E-state index in [0.29, 0.717) is 30.7 Å². The summed E-state index contributed by atoms with van der Waals surface area (Å²) < 4.78 is 0. The average Bonchev–Trinajstić information content (AvgIpc) is 3.04. The van der Waals surface area contributed by atoms with E-state index in [-0.39, 0.29) is 24.0 Å². The number of carbonyl (C=O) groups excluding carboxylic acids is 1. The van der Waals surface area contributed by atoms with E-state index in [2.05, 4.69) is 48.3 Å². The molecule has 0 unspecified atom stereocenters. The maximum absolute atomic E-state index is 12.5. The van der Waals surface area contributed by atoms with Gasteiger partial charge in [-0.15, -0.1) is 0 Å². The predicted octanol–water partition coefficient (Wildman–Crippen LogP) is 2.05. The summed E-state index contributed by atoms with van der Waals surface area (Å²) in [5.41, 5.74) is 2.72. The van der Waals surface area contributed by atoms with Gasteiger partial charge >= 0.3 is 0 Å². The van der Waals surface area contributed by atoms with Gasteiger partial charge < -0.3 is 10.4 Å². The van der Waals surface area contributed by atoms with Gasteiger partial charge in [0.2, 0.25) is 5.91 Å². The van der Waals surface area contributed by atoms with Crippen molar-refractivity contribution >= 4 is 5.91 Å². The number of carbonyl (C=O) groups is 1. The van der Waals surface area contributed by atoms with Crippen LogP contribution in [0, 0.1) is 11.8 Å². The second kappa shape index (κ2) is 5.60. The molecule has 0 aromatic heterocycles. The highest BCUT2D eigenvalue weighted by Crippen LogP contribution is 2.49. The molecule has 0 spiro atoms. The second-order valence-corrected chi connectivity index (χ2v) is 7.76. The Morgan fingerprint density at radius 1 is 1.22 bits per heavy atom. The van der Waals surface area contributed by atoms with Crippen LogP contribution in [0.3, 0.4) is 0 Å². The molecule has 1 saturated carbocycles. The molecule has 1 aromatic carbocycles. The lowest BCUT2D eigenvalue weighted by molar-refractivity contribution is -0.132. The van der Waals surface area contributed by atoms with Crippen molar-refractivity contribution in [3.8, 4) is 0 Å². The normalized spacial score (nSPS) is 35.7. The molecule has 2 aliphatic carbocycles. The highest BCUT2D eigenvalue weighted by molar-refractivity contribution is 5.80. The van der Waals surface area contributed by atoms with Gasteiger partial charge in [0.15, 0.2) is 0 Å². The molecule has 2 fully saturated rings. The summed E-state index contributed by atoms with van der Waals surface area (Å²) in [4.78, 5) is 15.0. The van der Waals surface area contributed by atoms with E-state index in [1.165, 1.54) is 11.1 Å². The van der Waals surface area contributed by atoms with Gasteiger partial charge in [0.1, 0.15) is 0 Å². The number of likely N-dealkylation sites (tertiary alicyclic amines) is 1. The van der Waals surface area contributed by atoms with Crippen molar-refractivity contribution in [2.24, 2.45) is 11.8 Å². The fourth-order valence-corrected chi connectivity index (χ4v) is 4.57. The predicted molar refractivity (Wildman–Crippen MR) is 89.0 cm³/mol. The molecule has 23 heavy (non-hydrogen) atoms. The number of hydrogen-bond acceptors (Lipinski definition) is 3. The van der Waals surface area contributed by atoms with Gasteiger partial charge in [0.05, 0.1) is 12.1 Å². The molecule has 1 saturated heterocycles. The number of amides is 1. The summed E-state index contributed by atoms with van der Waals surface area (Å²) in [7, 11) is 0. The van der Waals surface area contributed by atoms with Gasteiger partial charge in [-0.1, -0.05) is 24.3 Å². The number of rotatable bonds is 3. The van der Waals surface area contributed by atoms with Crippen molar-refractivity contribution in [1.29, 1.82) is 0 Å². The summed E-state index contributed by atoms with van der Waals surface area (Å²) in [5, 5.41) is 12.8. The number of nitrogens with one attached hydrogen (secondary N) is 1. The maximum Gasteiger partial charge on any atom is 0.223 e. The molecule has 1 heterocycles. The quantitative estimate of drug-likeness (QED) is 0.898. The minimum Gasteiger partial charge on any atom is -0.393 e. The van der Waals surface area contributed by atoms with Crippen LogP contribution in [0.15, 0.2) is 24.3 Å². The third-order valence-electron chi connectivity index (χ3n) is 6.06. The van der Waals surface area contributed by atoms with Crippen LogP contribution in [0.25, 0.3) is 0 Å². The highest BCUT2D eigenvalue weighted by Gasteiger charge is 2.47. The van der Waals surface area contributed by atoms with Gasteiger partial charge in [-0.3, -0.25) is 9.69 Å². The highest BCUT2D eigenvalue weighted by atomic mass is 16.3. The van der Waals surface area contributed by atoms with Crippen molar-refractivity contribution in [1.82, 2.24) is 10.2 Å². The standard InChI is InChI=1S/C19H26N2O2/c1-11(2)21-9-16-14-5-3-4-6-15(14)18(17(16)10-21)20-19(23)12-7-13(22)8-12/h3-6,11-13,16-18,22H,7-10H2,1-2H3,(H,20,23)/t12?,13?,16-,17-,18+/m0/s1. The zero-order valence-electron chi connectivity index (χ0n) is 13.9. The Bertz CT molecular complexity index is 609. The van der Waals surface area contributed by atoms with Crippen LogP contribution in [0.5, 0.6) is 0 Å². The monoisotopic (exact) mass is 314 g/mol. The number of aliphatic hydroxyl groups excluding tert-OH is 1. The molecule has 4 nitrogen and oxygen atoms in total. The minimum absolute atomic E-state index is 0.00110. The fraction of sp³-hybridized carbons (Fsp3) is 0.632. The van der Waals surface area contributed by atoms with Crippen LogP contribution in [0.2, 0.25) is 0 Å². The Balaban J connectivity index is 1.56. The number of hydrogen-bond donors (Lipinski definition) is 2. The topological polar surface area (TPSA) is 52.6 Å². The van der Waals surface area contributed by atoms with Crippen LogP contribution in [-0.2, 0) is 4.79 Å². The molecule has 1 amide bonds. The molecule has 0 bridgehead atoms. The third-order valence-corrected chi connectivity index (χ3v) is 6.06. The molecule has 124 valence electrons. The van der Waals surface area contributed by atoms with E-state index in [1.807, 2.05) is 0 Å². The van der Waals surface area contributed by atoms with E-state index in [4.69, 9.17) is 0 Å². The Kier molecular flexibility index (Phi) is 3.69. The zero-order valence-corrected chi connectivity index (χ0v) is 13.9. The van der Waals surface area contributed by atoms with E-state index in [9.17, 15) is 9.90 Å². The smallest absolute Gasteiger partial charge is 0.223 e. The molecule has 4 heteroatoms. The van der Waals surface area contributed by atoms with Gasteiger partial charge in [0, 0.05) is 36.9 Å². The number of nitrogens with zero attached hydrogens (tertiary/aromatic N) is 1. The largest absolute Gasteiger partial charge is 0.393 e. The molecule has 4 rings (SSSR count). The summed E-state index contributed by atoms with van der Waals surface area (Å²) >= 11 is 0. The van der Waals surface area contributed by atoms with Crippen molar-refractivity contribution in [3.05, 3.63) is 35.4 Å². The van der Waals surface area contributed by atoms with Gasteiger partial charge in [0.25, 0.3) is 0 Å². The Morgan fingerprint density at radius 2 is 1.91 bits per heavy atom. The van der Waals surface area contributed by atoms with E-state index >= 15 is 0 Å². The zero-order chi connectivity index (χ0) is 16.1. The Labute approximate surface area is 137 Å². The number of fused-ring (bicyclic) bond motifs is 3. The lowest BCUT2D eigenvalue weighted by Crippen LogP contribution is -2.44. The summed E-state index contributed by atoms with van der Waals surface area (Å²) in [6.45, 7) is 6.63. The molecular weight excluding hydrogens is 288 g/mol. The van der Waals surface area contributed by atoms with Crippen LogP contribution in [0.1, 0.15) is 49.8 Å². The van der Waals surface area contributed by atoms with Gasteiger partial charge in [-0.05, 0) is 37.8 Å². The third kappa shape index (κ3) is 2.48. The van der Waals surface area contributed by atoms with Crippen LogP contribution < -0.4 is 5.32 Å². The lowest BCUT2D eigenvalue weighted by Gasteiger charge is -2.32. The van der Waals surface area contributed by atoms with Crippen LogP contribution >= 0.6 is 0 Å². The summed E-state index contributed by atoms with van der Waals surface area (Å²) in [6.07, 6.45) is 0.955. The van der Waals surface area contributed by atoms with Crippen LogP contribution in [0.4, 0.5) is 0 Å². The fourth-order valence-electron chi connectivity index (χ4n) is 4.57. The second-order valence-electron chi connectivity index (χ2n) is 7.76. The molecule has 2 N–H and O–H groups in total. The molecule has 3 atom stereocenters. The first-order valence-electron chi connectivity index (χ1n) is 8.86. The van der Waals surface area contributed by atoms with Gasteiger partial charge in [-0.2, -0.15) is 0 Å². The van der Waals surface area contributed by atoms with E-state index in [0.717, 1.165) is 13.1 Å². The van der Waals surface area contributed by atoms with E-state index < -0.39 is 0 Å².